The molecular weight excluding hydrogens is 300 g/mol. The van der Waals surface area contributed by atoms with Gasteiger partial charge in [0.1, 0.15) is 0 Å². The van der Waals surface area contributed by atoms with Crippen LogP contribution in [0.5, 0.6) is 0 Å². The topological polar surface area (TPSA) is 78.7 Å². The third kappa shape index (κ3) is 2.33. The predicted molar refractivity (Wildman–Crippen MR) is 85.4 cm³/mol. The second-order valence-electron chi connectivity index (χ2n) is 7.75. The molecule has 0 radical (unpaired) electrons. The molecule has 0 amide bonds. The van der Waals surface area contributed by atoms with E-state index in [4.69, 9.17) is 5.73 Å². The molecule has 126 valence electrons. The molecule has 4 rings (SSSR count). The van der Waals surface area contributed by atoms with Gasteiger partial charge in [0, 0.05) is 37.3 Å². The van der Waals surface area contributed by atoms with Gasteiger partial charge in [0.05, 0.1) is 0 Å². The van der Waals surface area contributed by atoms with Gasteiger partial charge in [-0.15, -0.1) is 0 Å². The third-order valence-corrected chi connectivity index (χ3v) is 8.50. The predicted octanol–water partition coefficient (Wildman–Crippen LogP) is 0.115. The Morgan fingerprint density at radius 2 is 1.55 bits per heavy atom. The van der Waals surface area contributed by atoms with Gasteiger partial charge >= 0.3 is 0 Å². The fourth-order valence-electron chi connectivity index (χ4n) is 5.37. The van der Waals surface area contributed by atoms with Gasteiger partial charge < -0.3 is 11.1 Å². The van der Waals surface area contributed by atoms with Crippen molar-refractivity contribution in [3.8, 4) is 0 Å². The number of nitrogens with two attached hydrogens (primary N) is 1. The van der Waals surface area contributed by atoms with Crippen molar-refractivity contribution in [2.45, 2.75) is 62.7 Å². The van der Waals surface area contributed by atoms with Crippen LogP contribution in [0.15, 0.2) is 0 Å². The van der Waals surface area contributed by atoms with Crippen molar-refractivity contribution in [1.82, 2.24) is 13.9 Å². The quantitative estimate of drug-likeness (QED) is 0.771. The molecule has 22 heavy (non-hydrogen) atoms. The minimum atomic E-state index is -3.29. The SMILES string of the molecule is CNC1CC2CCC(C1)N2S(=O)(=O)N1C[C@H]2CC(N)C[C@H]2C1. The summed E-state index contributed by atoms with van der Waals surface area (Å²) in [4.78, 5) is 0. The van der Waals surface area contributed by atoms with Crippen molar-refractivity contribution in [2.24, 2.45) is 17.6 Å². The summed E-state index contributed by atoms with van der Waals surface area (Å²) in [6.45, 7) is 1.37. The smallest absolute Gasteiger partial charge is 0.282 e. The van der Waals surface area contributed by atoms with E-state index in [1.807, 2.05) is 11.4 Å². The van der Waals surface area contributed by atoms with Crippen LogP contribution in [0.3, 0.4) is 0 Å². The summed E-state index contributed by atoms with van der Waals surface area (Å²) in [5.74, 6) is 0.967. The summed E-state index contributed by atoms with van der Waals surface area (Å²) < 4.78 is 29.9. The average molecular weight is 328 g/mol. The lowest BCUT2D eigenvalue weighted by atomic mass is 10.0. The van der Waals surface area contributed by atoms with Crippen LogP contribution in [0.25, 0.3) is 0 Å². The molecule has 0 aromatic carbocycles. The van der Waals surface area contributed by atoms with Gasteiger partial charge in [0.15, 0.2) is 0 Å². The Bertz CT molecular complexity index is 512. The molecule has 4 fully saturated rings. The Morgan fingerprint density at radius 1 is 1.00 bits per heavy atom. The monoisotopic (exact) mass is 328 g/mol. The van der Waals surface area contributed by atoms with E-state index in [2.05, 4.69) is 5.32 Å². The first-order valence-corrected chi connectivity index (χ1v) is 10.1. The van der Waals surface area contributed by atoms with E-state index in [0.29, 0.717) is 31.0 Å². The van der Waals surface area contributed by atoms with Crippen LogP contribution in [0, 0.1) is 11.8 Å². The lowest BCUT2D eigenvalue weighted by Gasteiger charge is -2.39. The maximum absolute atomic E-state index is 13.2. The van der Waals surface area contributed by atoms with Gasteiger partial charge in [-0.25, -0.2) is 0 Å². The molecule has 3 heterocycles. The maximum Gasteiger partial charge on any atom is 0.282 e. The number of fused-ring (bicyclic) bond motifs is 3. The first-order chi connectivity index (χ1) is 10.5. The fraction of sp³-hybridized carbons (Fsp3) is 1.00. The van der Waals surface area contributed by atoms with Gasteiger partial charge in [-0.3, -0.25) is 0 Å². The van der Waals surface area contributed by atoms with Gasteiger partial charge in [-0.05, 0) is 57.4 Å². The molecule has 1 aliphatic carbocycles. The number of hydrogen-bond acceptors (Lipinski definition) is 4. The van der Waals surface area contributed by atoms with E-state index in [9.17, 15) is 8.42 Å². The number of nitrogens with zero attached hydrogens (tertiary/aromatic N) is 2. The molecule has 7 heteroatoms. The molecule has 0 spiro atoms. The Morgan fingerprint density at radius 3 is 2.05 bits per heavy atom. The first-order valence-electron chi connectivity index (χ1n) is 8.70. The summed E-state index contributed by atoms with van der Waals surface area (Å²) in [5.41, 5.74) is 6.02. The zero-order chi connectivity index (χ0) is 15.5. The number of piperidine rings is 1. The van der Waals surface area contributed by atoms with Crippen molar-refractivity contribution in [3.63, 3.8) is 0 Å². The summed E-state index contributed by atoms with van der Waals surface area (Å²) in [5, 5.41) is 3.33. The second kappa shape index (κ2) is 5.41. The van der Waals surface area contributed by atoms with Crippen molar-refractivity contribution in [1.29, 1.82) is 0 Å². The highest BCUT2D eigenvalue weighted by atomic mass is 32.2. The Kier molecular flexibility index (Phi) is 3.77. The van der Waals surface area contributed by atoms with E-state index in [0.717, 1.165) is 38.5 Å². The fourth-order valence-corrected chi connectivity index (χ4v) is 7.53. The zero-order valence-corrected chi connectivity index (χ0v) is 14.1. The molecule has 3 unspecified atom stereocenters. The highest BCUT2D eigenvalue weighted by Gasteiger charge is 2.51. The lowest BCUT2D eigenvalue weighted by molar-refractivity contribution is 0.199. The first kappa shape index (κ1) is 15.3. The summed E-state index contributed by atoms with van der Waals surface area (Å²) in [7, 11) is -1.31. The van der Waals surface area contributed by atoms with Crippen molar-refractivity contribution < 1.29 is 8.42 Å². The molecule has 0 aromatic rings. The third-order valence-electron chi connectivity index (χ3n) is 6.42. The van der Waals surface area contributed by atoms with E-state index in [1.54, 1.807) is 4.31 Å². The van der Waals surface area contributed by atoms with E-state index in [1.165, 1.54) is 0 Å². The molecule has 3 saturated heterocycles. The van der Waals surface area contributed by atoms with Crippen LogP contribution < -0.4 is 11.1 Å². The van der Waals surface area contributed by atoms with Gasteiger partial charge in [-0.1, -0.05) is 0 Å². The molecule has 3 aliphatic heterocycles. The molecule has 3 N–H and O–H groups in total. The minimum absolute atomic E-state index is 0.198. The Balaban J connectivity index is 1.51. The van der Waals surface area contributed by atoms with Gasteiger partial charge in [0.2, 0.25) is 0 Å². The van der Waals surface area contributed by atoms with Crippen LogP contribution in [0.2, 0.25) is 0 Å². The highest BCUT2D eigenvalue weighted by Crippen LogP contribution is 2.43. The summed E-state index contributed by atoms with van der Waals surface area (Å²) >= 11 is 0. The van der Waals surface area contributed by atoms with Crippen LogP contribution in [0.4, 0.5) is 0 Å². The average Bonchev–Trinajstić information content (AvgIpc) is 3.09. The van der Waals surface area contributed by atoms with Gasteiger partial charge in [0.25, 0.3) is 10.2 Å². The highest BCUT2D eigenvalue weighted by molar-refractivity contribution is 7.86. The van der Waals surface area contributed by atoms with E-state index < -0.39 is 10.2 Å². The van der Waals surface area contributed by atoms with Crippen LogP contribution in [0.1, 0.15) is 38.5 Å². The molecule has 5 atom stereocenters. The van der Waals surface area contributed by atoms with Crippen molar-refractivity contribution in [2.75, 3.05) is 20.1 Å². The summed E-state index contributed by atoms with van der Waals surface area (Å²) in [6.07, 6.45) is 5.94. The Hall–Kier alpha value is -0.210. The molecule has 6 nitrogen and oxygen atoms in total. The molecule has 4 aliphatic rings. The van der Waals surface area contributed by atoms with Crippen LogP contribution in [-0.2, 0) is 10.2 Å². The standard InChI is InChI=1S/C15H28N4O2S/c1-17-13-6-14-2-3-15(7-13)19(14)22(20,21)18-8-10-4-12(16)5-11(10)9-18/h10-15,17H,2-9,16H2,1H3/t10-,11+,12?,13?,14?,15?. The lowest BCUT2D eigenvalue weighted by Crippen LogP contribution is -2.54. The molecule has 2 bridgehead atoms. The molecule has 1 saturated carbocycles. The minimum Gasteiger partial charge on any atom is -0.328 e. The zero-order valence-electron chi connectivity index (χ0n) is 13.3. The maximum atomic E-state index is 13.2. The normalized spacial score (nSPS) is 46.3. The largest absolute Gasteiger partial charge is 0.328 e. The summed E-state index contributed by atoms with van der Waals surface area (Å²) in [6, 6.07) is 1.15. The second-order valence-corrected chi connectivity index (χ2v) is 9.58. The van der Waals surface area contributed by atoms with Crippen molar-refractivity contribution >= 4 is 10.2 Å². The van der Waals surface area contributed by atoms with E-state index in [-0.39, 0.29) is 18.1 Å². The van der Waals surface area contributed by atoms with Crippen molar-refractivity contribution in [3.05, 3.63) is 0 Å². The molecule has 0 aromatic heterocycles. The number of nitrogens with one attached hydrogen (secondary N) is 1. The van der Waals surface area contributed by atoms with Gasteiger partial charge in [-0.2, -0.15) is 17.0 Å². The van der Waals surface area contributed by atoms with Crippen LogP contribution in [-0.4, -0.2) is 61.3 Å². The number of hydrogen-bond donors (Lipinski definition) is 2. The Labute approximate surface area is 133 Å². The number of rotatable bonds is 3. The van der Waals surface area contributed by atoms with E-state index >= 15 is 0 Å². The van der Waals surface area contributed by atoms with Crippen LogP contribution >= 0.6 is 0 Å². The molecular formula is C15H28N4O2S.